The standard InChI is InChI=1S/C18H22N2O2S/c1-12-5-7-14(8-6-12)13(2)19-18(23)20-15-9-10-16(21-3)17(11-15)22-4/h5-11,13H,1-4H3,(H2,19,20,23)/t13-/m0/s1. The van der Waals surface area contributed by atoms with E-state index < -0.39 is 0 Å². The van der Waals surface area contributed by atoms with Crippen LogP contribution in [0.25, 0.3) is 0 Å². The molecule has 5 heteroatoms. The summed E-state index contributed by atoms with van der Waals surface area (Å²) in [7, 11) is 3.22. The number of nitrogens with one attached hydrogen (secondary N) is 2. The Hall–Kier alpha value is -2.27. The predicted octanol–water partition coefficient (Wildman–Crippen LogP) is 4.06. The van der Waals surface area contributed by atoms with Gasteiger partial charge in [0.2, 0.25) is 0 Å². The molecule has 122 valence electrons. The summed E-state index contributed by atoms with van der Waals surface area (Å²) in [6, 6.07) is 14.1. The van der Waals surface area contributed by atoms with Crippen LogP contribution in [0.3, 0.4) is 0 Å². The molecule has 0 aliphatic rings. The van der Waals surface area contributed by atoms with E-state index in [1.807, 2.05) is 18.2 Å². The quantitative estimate of drug-likeness (QED) is 0.809. The molecule has 0 saturated carbocycles. The van der Waals surface area contributed by atoms with E-state index >= 15 is 0 Å². The predicted molar refractivity (Wildman–Crippen MR) is 98.5 cm³/mol. The highest BCUT2D eigenvalue weighted by Crippen LogP contribution is 2.29. The van der Waals surface area contributed by atoms with Gasteiger partial charge in [-0.25, -0.2) is 0 Å². The number of benzene rings is 2. The minimum absolute atomic E-state index is 0.121. The van der Waals surface area contributed by atoms with Crippen molar-refractivity contribution in [2.45, 2.75) is 19.9 Å². The molecular formula is C18H22N2O2S. The molecule has 4 nitrogen and oxygen atoms in total. The highest BCUT2D eigenvalue weighted by molar-refractivity contribution is 7.80. The second kappa shape index (κ2) is 7.83. The summed E-state index contributed by atoms with van der Waals surface area (Å²) in [4.78, 5) is 0. The van der Waals surface area contributed by atoms with Gasteiger partial charge in [0.1, 0.15) is 0 Å². The zero-order valence-electron chi connectivity index (χ0n) is 13.8. The topological polar surface area (TPSA) is 42.5 Å². The average molecular weight is 330 g/mol. The van der Waals surface area contributed by atoms with Crippen LogP contribution < -0.4 is 20.1 Å². The van der Waals surface area contributed by atoms with Gasteiger partial charge in [0, 0.05) is 11.8 Å². The van der Waals surface area contributed by atoms with E-state index in [2.05, 4.69) is 48.7 Å². The van der Waals surface area contributed by atoms with E-state index in [1.165, 1.54) is 11.1 Å². The van der Waals surface area contributed by atoms with Crippen LogP contribution in [0.2, 0.25) is 0 Å². The Bertz CT molecular complexity index is 671. The van der Waals surface area contributed by atoms with Gasteiger partial charge in [-0.1, -0.05) is 29.8 Å². The third-order valence-electron chi connectivity index (χ3n) is 3.57. The maximum atomic E-state index is 5.38. The van der Waals surface area contributed by atoms with E-state index in [-0.39, 0.29) is 6.04 Å². The third-order valence-corrected chi connectivity index (χ3v) is 3.79. The van der Waals surface area contributed by atoms with Crippen LogP contribution in [0, 0.1) is 6.92 Å². The Morgan fingerprint density at radius 2 is 1.65 bits per heavy atom. The van der Waals surface area contributed by atoms with Crippen LogP contribution in [0.4, 0.5) is 5.69 Å². The van der Waals surface area contributed by atoms with Crippen LogP contribution in [0.15, 0.2) is 42.5 Å². The molecule has 0 radical (unpaired) electrons. The summed E-state index contributed by atoms with van der Waals surface area (Å²) >= 11 is 5.38. The lowest BCUT2D eigenvalue weighted by molar-refractivity contribution is 0.355. The van der Waals surface area contributed by atoms with Crippen LogP contribution >= 0.6 is 12.2 Å². The Labute approximate surface area is 142 Å². The van der Waals surface area contributed by atoms with E-state index in [0.29, 0.717) is 16.6 Å². The fourth-order valence-electron chi connectivity index (χ4n) is 2.22. The first-order valence-electron chi connectivity index (χ1n) is 7.39. The number of hydrogen-bond donors (Lipinski definition) is 2. The molecule has 0 saturated heterocycles. The van der Waals surface area contributed by atoms with Gasteiger partial charge in [-0.05, 0) is 43.8 Å². The van der Waals surface area contributed by atoms with Crippen molar-refractivity contribution in [2.75, 3.05) is 19.5 Å². The summed E-state index contributed by atoms with van der Waals surface area (Å²) < 4.78 is 10.5. The fourth-order valence-corrected chi connectivity index (χ4v) is 2.51. The highest BCUT2D eigenvalue weighted by Gasteiger charge is 2.09. The molecule has 23 heavy (non-hydrogen) atoms. The van der Waals surface area contributed by atoms with Crippen molar-refractivity contribution in [2.24, 2.45) is 0 Å². The summed E-state index contributed by atoms with van der Waals surface area (Å²) in [5.74, 6) is 1.34. The SMILES string of the molecule is COc1ccc(NC(=S)N[C@@H](C)c2ccc(C)cc2)cc1OC. The molecule has 0 aliphatic carbocycles. The molecule has 1 atom stereocenters. The van der Waals surface area contributed by atoms with E-state index in [1.54, 1.807) is 14.2 Å². The first kappa shape index (κ1) is 17.1. The number of anilines is 1. The van der Waals surface area contributed by atoms with Crippen molar-refractivity contribution >= 4 is 23.0 Å². The molecule has 0 bridgehead atoms. The average Bonchev–Trinajstić information content (AvgIpc) is 2.55. The maximum Gasteiger partial charge on any atom is 0.171 e. The Balaban J connectivity index is 2.00. The lowest BCUT2D eigenvalue weighted by Crippen LogP contribution is -2.30. The van der Waals surface area contributed by atoms with Gasteiger partial charge < -0.3 is 20.1 Å². The molecule has 0 heterocycles. The number of hydrogen-bond acceptors (Lipinski definition) is 3. The van der Waals surface area contributed by atoms with Crippen LogP contribution in [-0.4, -0.2) is 19.3 Å². The van der Waals surface area contributed by atoms with E-state index in [9.17, 15) is 0 Å². The van der Waals surface area contributed by atoms with Crippen molar-refractivity contribution in [1.82, 2.24) is 5.32 Å². The van der Waals surface area contributed by atoms with Crippen molar-refractivity contribution in [3.63, 3.8) is 0 Å². The monoisotopic (exact) mass is 330 g/mol. The van der Waals surface area contributed by atoms with Gasteiger partial charge in [0.05, 0.1) is 20.3 Å². The third kappa shape index (κ3) is 4.60. The minimum Gasteiger partial charge on any atom is -0.493 e. The lowest BCUT2D eigenvalue weighted by Gasteiger charge is -2.18. The van der Waals surface area contributed by atoms with E-state index in [4.69, 9.17) is 21.7 Å². The molecular weight excluding hydrogens is 308 g/mol. The number of methoxy groups -OCH3 is 2. The van der Waals surface area contributed by atoms with Crippen LogP contribution in [0.1, 0.15) is 24.1 Å². The fraction of sp³-hybridized carbons (Fsp3) is 0.278. The number of rotatable bonds is 5. The normalized spacial score (nSPS) is 11.5. The van der Waals surface area contributed by atoms with E-state index in [0.717, 1.165) is 5.69 Å². The number of aryl methyl sites for hydroxylation is 1. The molecule has 0 aliphatic heterocycles. The molecule has 0 amide bonds. The minimum atomic E-state index is 0.121. The maximum absolute atomic E-state index is 5.38. The van der Waals surface area contributed by atoms with Gasteiger partial charge >= 0.3 is 0 Å². The Morgan fingerprint density at radius 1 is 1.00 bits per heavy atom. The smallest absolute Gasteiger partial charge is 0.171 e. The molecule has 2 N–H and O–H groups in total. The molecule has 0 unspecified atom stereocenters. The zero-order chi connectivity index (χ0) is 16.8. The molecule has 2 aromatic rings. The lowest BCUT2D eigenvalue weighted by atomic mass is 10.1. The summed E-state index contributed by atoms with van der Waals surface area (Å²) in [5, 5.41) is 7.00. The van der Waals surface area contributed by atoms with Crippen molar-refractivity contribution in [3.05, 3.63) is 53.6 Å². The number of ether oxygens (including phenoxy) is 2. The van der Waals surface area contributed by atoms with Crippen molar-refractivity contribution in [1.29, 1.82) is 0 Å². The van der Waals surface area contributed by atoms with Gasteiger partial charge in [-0.15, -0.1) is 0 Å². The number of thiocarbonyl (C=S) groups is 1. The van der Waals surface area contributed by atoms with Crippen LogP contribution in [0.5, 0.6) is 11.5 Å². The van der Waals surface area contributed by atoms with Gasteiger partial charge in [-0.3, -0.25) is 0 Å². The van der Waals surface area contributed by atoms with Crippen LogP contribution in [-0.2, 0) is 0 Å². The zero-order valence-corrected chi connectivity index (χ0v) is 14.7. The Morgan fingerprint density at radius 3 is 2.26 bits per heavy atom. The van der Waals surface area contributed by atoms with Gasteiger partial charge in [-0.2, -0.15) is 0 Å². The molecule has 0 spiro atoms. The second-order valence-corrected chi connectivity index (χ2v) is 5.71. The highest BCUT2D eigenvalue weighted by atomic mass is 32.1. The van der Waals surface area contributed by atoms with Gasteiger partial charge in [0.15, 0.2) is 16.6 Å². The first-order chi connectivity index (χ1) is 11.0. The molecule has 0 aromatic heterocycles. The largest absolute Gasteiger partial charge is 0.493 e. The first-order valence-corrected chi connectivity index (χ1v) is 7.80. The molecule has 2 aromatic carbocycles. The second-order valence-electron chi connectivity index (χ2n) is 5.30. The summed E-state index contributed by atoms with van der Waals surface area (Å²) in [6.07, 6.45) is 0. The summed E-state index contributed by atoms with van der Waals surface area (Å²) in [6.45, 7) is 4.15. The summed E-state index contributed by atoms with van der Waals surface area (Å²) in [5.41, 5.74) is 3.27. The van der Waals surface area contributed by atoms with Crippen molar-refractivity contribution in [3.8, 4) is 11.5 Å². The molecule has 0 fully saturated rings. The molecule has 2 rings (SSSR count). The Kier molecular flexibility index (Phi) is 5.82. The van der Waals surface area contributed by atoms with Gasteiger partial charge in [0.25, 0.3) is 0 Å². The van der Waals surface area contributed by atoms with Crippen molar-refractivity contribution < 1.29 is 9.47 Å².